The minimum absolute atomic E-state index is 0.363. The molecule has 8 heteroatoms. The number of H-pyrrole nitrogens is 1. The molecule has 1 aromatic carbocycles. The fourth-order valence-corrected chi connectivity index (χ4v) is 2.03. The molecule has 0 bridgehead atoms. The van der Waals surface area contributed by atoms with Crippen LogP contribution >= 0.6 is 0 Å². The van der Waals surface area contributed by atoms with Crippen LogP contribution in [0.1, 0.15) is 12.0 Å². The Bertz CT molecular complexity index is 695. The molecule has 0 saturated heterocycles. The lowest BCUT2D eigenvalue weighted by atomic mass is 10.1. The van der Waals surface area contributed by atoms with Gasteiger partial charge in [-0.15, -0.1) is 0 Å². The molecule has 24 heavy (non-hydrogen) atoms. The number of carboxylic acids is 2. The van der Waals surface area contributed by atoms with Crippen LogP contribution < -0.4 is 0 Å². The maximum absolute atomic E-state index is 9.77. The lowest BCUT2D eigenvalue weighted by Crippen LogP contribution is -2.22. The highest BCUT2D eigenvalue weighted by atomic mass is 16.4. The summed E-state index contributed by atoms with van der Waals surface area (Å²) in [6.45, 7) is 0.987. The van der Waals surface area contributed by atoms with Crippen LogP contribution in [0.4, 0.5) is 0 Å². The zero-order valence-corrected chi connectivity index (χ0v) is 13.6. The summed E-state index contributed by atoms with van der Waals surface area (Å²) in [4.78, 5) is 24.7. The summed E-state index contributed by atoms with van der Waals surface area (Å²) < 4.78 is 0. The third-order valence-electron chi connectivity index (χ3n) is 3.25. The molecule has 5 N–H and O–H groups in total. The highest BCUT2D eigenvalue weighted by molar-refractivity contribution is 5.89. The molecule has 8 nitrogen and oxygen atoms in total. The summed E-state index contributed by atoms with van der Waals surface area (Å²) in [6, 6.07) is 5.56. The highest BCUT2D eigenvalue weighted by Gasteiger charge is 2.16. The van der Waals surface area contributed by atoms with Crippen molar-refractivity contribution in [2.75, 3.05) is 20.6 Å². The molecule has 2 rings (SSSR count). The summed E-state index contributed by atoms with van der Waals surface area (Å²) in [5, 5.41) is 34.9. The lowest BCUT2D eigenvalue weighted by Gasteiger charge is -2.08. The van der Waals surface area contributed by atoms with Crippen molar-refractivity contribution >= 4 is 22.8 Å². The van der Waals surface area contributed by atoms with Crippen molar-refractivity contribution in [3.63, 3.8) is 0 Å². The number of carboxylic acid groups (broad SMARTS) is 2. The van der Waals surface area contributed by atoms with E-state index in [0.717, 1.165) is 23.9 Å². The molecule has 0 fully saturated rings. The standard InChI is InChI=1S/C12H16N2O.C4H6O5/c1-14(2)7-6-9-8-13-10-4-3-5-11(15)12(9)10;5-2(4(8)9)1-3(6)7/h3-5,8,13,15H,6-7H2,1-2H3;2,5H,1H2,(H,6,7)(H,8,9)/t;2-/m.0/s1. The highest BCUT2D eigenvalue weighted by Crippen LogP contribution is 2.27. The van der Waals surface area contributed by atoms with Crippen molar-refractivity contribution in [1.29, 1.82) is 0 Å². The van der Waals surface area contributed by atoms with Gasteiger partial charge in [0.15, 0.2) is 6.10 Å². The number of rotatable bonds is 6. The Morgan fingerprint density at radius 2 is 1.92 bits per heavy atom. The number of aromatic nitrogens is 1. The van der Waals surface area contributed by atoms with Crippen LogP contribution in [0.15, 0.2) is 24.4 Å². The molecular formula is C16H22N2O6. The van der Waals surface area contributed by atoms with Gasteiger partial charge in [0.2, 0.25) is 0 Å². The number of aliphatic hydroxyl groups is 1. The van der Waals surface area contributed by atoms with E-state index < -0.39 is 24.5 Å². The van der Waals surface area contributed by atoms with Crippen molar-refractivity contribution in [3.05, 3.63) is 30.0 Å². The molecule has 1 aromatic heterocycles. The molecule has 0 amide bonds. The van der Waals surface area contributed by atoms with E-state index in [2.05, 4.69) is 24.0 Å². The van der Waals surface area contributed by atoms with Crippen LogP contribution in [0.2, 0.25) is 0 Å². The maximum Gasteiger partial charge on any atom is 0.333 e. The molecule has 0 unspecified atom stereocenters. The van der Waals surface area contributed by atoms with Crippen LogP contribution in [-0.4, -0.2) is 69.0 Å². The van der Waals surface area contributed by atoms with Crippen LogP contribution in [0.25, 0.3) is 10.9 Å². The van der Waals surface area contributed by atoms with E-state index in [1.807, 2.05) is 18.3 Å². The van der Waals surface area contributed by atoms with Gasteiger partial charge in [-0.2, -0.15) is 0 Å². The van der Waals surface area contributed by atoms with Gasteiger partial charge in [-0.05, 0) is 38.2 Å². The molecule has 0 aliphatic carbocycles. The van der Waals surface area contributed by atoms with Crippen molar-refractivity contribution in [3.8, 4) is 5.75 Å². The van der Waals surface area contributed by atoms with Crippen LogP contribution in [0.5, 0.6) is 5.75 Å². The van der Waals surface area contributed by atoms with Gasteiger partial charge in [0.1, 0.15) is 5.75 Å². The van der Waals surface area contributed by atoms with E-state index in [1.165, 1.54) is 5.56 Å². The minimum Gasteiger partial charge on any atom is -0.507 e. The first-order valence-corrected chi connectivity index (χ1v) is 7.27. The predicted octanol–water partition coefficient (Wildman–Crippen LogP) is 0.884. The van der Waals surface area contributed by atoms with E-state index in [4.69, 9.17) is 15.3 Å². The van der Waals surface area contributed by atoms with E-state index in [0.29, 0.717) is 5.75 Å². The van der Waals surface area contributed by atoms with Gasteiger partial charge in [-0.1, -0.05) is 6.07 Å². The van der Waals surface area contributed by atoms with Crippen molar-refractivity contribution in [2.45, 2.75) is 18.9 Å². The Morgan fingerprint density at radius 1 is 1.25 bits per heavy atom. The van der Waals surface area contributed by atoms with Gasteiger partial charge < -0.3 is 30.3 Å². The normalized spacial score (nSPS) is 11.8. The molecule has 0 aliphatic heterocycles. The number of fused-ring (bicyclic) bond motifs is 1. The minimum atomic E-state index is -1.79. The van der Waals surface area contributed by atoms with E-state index in [9.17, 15) is 14.7 Å². The first-order valence-electron chi connectivity index (χ1n) is 7.27. The summed E-state index contributed by atoms with van der Waals surface area (Å²) in [5.41, 5.74) is 2.18. The number of nitrogens with one attached hydrogen (secondary N) is 1. The fraction of sp³-hybridized carbons (Fsp3) is 0.375. The van der Waals surface area contributed by atoms with Crippen molar-refractivity contribution < 1.29 is 30.0 Å². The number of aromatic hydroxyl groups is 1. The molecule has 0 radical (unpaired) electrons. The van der Waals surface area contributed by atoms with Crippen LogP contribution in [0.3, 0.4) is 0 Å². The third kappa shape index (κ3) is 5.90. The fourth-order valence-electron chi connectivity index (χ4n) is 2.03. The van der Waals surface area contributed by atoms with Crippen LogP contribution in [0, 0.1) is 0 Å². The maximum atomic E-state index is 9.77. The Labute approximate surface area is 139 Å². The third-order valence-corrected chi connectivity index (χ3v) is 3.25. The predicted molar refractivity (Wildman–Crippen MR) is 88.1 cm³/mol. The summed E-state index contributed by atoms with van der Waals surface area (Å²) in [5.74, 6) is -2.48. The quantitative estimate of drug-likeness (QED) is 0.528. The van der Waals surface area contributed by atoms with Gasteiger partial charge in [0.25, 0.3) is 0 Å². The lowest BCUT2D eigenvalue weighted by molar-refractivity contribution is -0.152. The molecular weight excluding hydrogens is 316 g/mol. The number of hydrogen-bond donors (Lipinski definition) is 5. The van der Waals surface area contributed by atoms with Gasteiger partial charge in [0, 0.05) is 23.6 Å². The smallest absolute Gasteiger partial charge is 0.333 e. The van der Waals surface area contributed by atoms with Gasteiger partial charge in [0.05, 0.1) is 6.42 Å². The molecule has 132 valence electrons. The average molecular weight is 338 g/mol. The van der Waals surface area contributed by atoms with E-state index in [-0.39, 0.29) is 0 Å². The first-order chi connectivity index (χ1) is 11.2. The number of hydrogen-bond acceptors (Lipinski definition) is 5. The Kier molecular flexibility index (Phi) is 7.22. The molecule has 1 heterocycles. The zero-order chi connectivity index (χ0) is 18.3. The second-order valence-electron chi connectivity index (χ2n) is 5.52. The van der Waals surface area contributed by atoms with Gasteiger partial charge >= 0.3 is 11.9 Å². The largest absolute Gasteiger partial charge is 0.507 e. The number of aliphatic hydroxyl groups excluding tert-OH is 1. The molecule has 0 saturated carbocycles. The monoisotopic (exact) mass is 338 g/mol. The van der Waals surface area contributed by atoms with Gasteiger partial charge in [-0.3, -0.25) is 4.79 Å². The number of phenols is 1. The number of likely N-dealkylation sites (N-methyl/N-ethyl adjacent to an activating group) is 1. The number of benzene rings is 1. The summed E-state index contributed by atoms with van der Waals surface area (Å²) in [6.07, 6.45) is 0.385. The Morgan fingerprint density at radius 3 is 2.42 bits per heavy atom. The van der Waals surface area contributed by atoms with E-state index in [1.54, 1.807) is 6.07 Å². The molecule has 1 atom stereocenters. The second kappa shape index (κ2) is 8.90. The van der Waals surface area contributed by atoms with Crippen molar-refractivity contribution in [2.24, 2.45) is 0 Å². The van der Waals surface area contributed by atoms with Crippen LogP contribution in [-0.2, 0) is 16.0 Å². The summed E-state index contributed by atoms with van der Waals surface area (Å²) in [7, 11) is 4.10. The SMILES string of the molecule is CN(C)CCc1c[nH]c2cccc(O)c12.O=C(O)C[C@H](O)C(=O)O. The Hall–Kier alpha value is -2.58. The number of aliphatic carboxylic acids is 2. The molecule has 2 aromatic rings. The molecule has 0 spiro atoms. The number of nitrogens with zero attached hydrogens (tertiary/aromatic N) is 1. The van der Waals surface area contributed by atoms with Crippen molar-refractivity contribution in [1.82, 2.24) is 9.88 Å². The Balaban J connectivity index is 0.000000277. The summed E-state index contributed by atoms with van der Waals surface area (Å²) >= 11 is 0. The topological polar surface area (TPSA) is 134 Å². The number of aromatic amines is 1. The van der Waals surface area contributed by atoms with Gasteiger partial charge in [-0.25, -0.2) is 4.79 Å². The number of carbonyl (C=O) groups is 2. The zero-order valence-electron chi connectivity index (χ0n) is 13.6. The second-order valence-corrected chi connectivity index (χ2v) is 5.52. The average Bonchev–Trinajstić information content (AvgIpc) is 2.89. The first kappa shape index (κ1) is 19.5. The molecule has 0 aliphatic rings. The van der Waals surface area contributed by atoms with E-state index >= 15 is 0 Å². The number of phenolic OH excluding ortho intramolecular Hbond substituents is 1.